The lowest BCUT2D eigenvalue weighted by Crippen LogP contribution is -1.85. The fourth-order valence-electron chi connectivity index (χ4n) is 1.07. The van der Waals surface area contributed by atoms with Gasteiger partial charge in [0.15, 0.2) is 0 Å². The van der Waals surface area contributed by atoms with Crippen LogP contribution in [0, 0.1) is 0 Å². The molecular formula is C8H8OS. The molecule has 1 atom stereocenters. The van der Waals surface area contributed by atoms with Gasteiger partial charge in [-0.2, -0.15) is 0 Å². The quantitative estimate of drug-likeness (QED) is 0.529. The highest BCUT2D eigenvalue weighted by atomic mass is 32.2. The van der Waals surface area contributed by atoms with Crippen LogP contribution in [-0.2, 0) is 4.18 Å². The standard InChI is InChI=1S/C8H8OS/c1-6-7-4-2-3-5-8(7)10-9-6/h2-6H,1H3/t6-/m1/s1. The van der Waals surface area contributed by atoms with Gasteiger partial charge in [-0.05, 0) is 18.6 Å². The number of hydrogen-bond acceptors (Lipinski definition) is 2. The van der Waals surface area contributed by atoms with Crippen molar-refractivity contribution in [3.63, 3.8) is 0 Å². The van der Waals surface area contributed by atoms with Gasteiger partial charge in [-0.1, -0.05) is 18.2 Å². The molecule has 0 saturated heterocycles. The summed E-state index contributed by atoms with van der Waals surface area (Å²) < 4.78 is 5.34. The third-order valence-corrected chi connectivity index (χ3v) is 2.58. The highest BCUT2D eigenvalue weighted by Gasteiger charge is 2.18. The van der Waals surface area contributed by atoms with E-state index in [1.807, 2.05) is 12.1 Å². The second kappa shape index (κ2) is 2.29. The molecule has 52 valence electrons. The van der Waals surface area contributed by atoms with E-state index in [4.69, 9.17) is 4.18 Å². The highest BCUT2D eigenvalue weighted by molar-refractivity contribution is 7.95. The molecule has 1 heterocycles. The summed E-state index contributed by atoms with van der Waals surface area (Å²) in [4.78, 5) is 1.26. The lowest BCUT2D eigenvalue weighted by atomic mass is 10.1. The fraction of sp³-hybridized carbons (Fsp3) is 0.250. The number of benzene rings is 1. The second-order valence-electron chi connectivity index (χ2n) is 2.36. The Morgan fingerprint density at radius 1 is 1.40 bits per heavy atom. The molecule has 0 N–H and O–H groups in total. The maximum absolute atomic E-state index is 5.34. The van der Waals surface area contributed by atoms with Gasteiger partial charge < -0.3 is 4.18 Å². The van der Waals surface area contributed by atoms with E-state index in [-0.39, 0.29) is 6.10 Å². The van der Waals surface area contributed by atoms with Crippen molar-refractivity contribution in [1.29, 1.82) is 0 Å². The predicted molar refractivity (Wildman–Crippen MR) is 41.8 cm³/mol. The molecule has 1 nitrogen and oxygen atoms in total. The van der Waals surface area contributed by atoms with Crippen molar-refractivity contribution >= 4 is 12.0 Å². The largest absolute Gasteiger partial charge is 0.302 e. The lowest BCUT2D eigenvalue weighted by Gasteiger charge is -1.98. The predicted octanol–water partition coefficient (Wildman–Crippen LogP) is 2.78. The van der Waals surface area contributed by atoms with E-state index in [1.165, 1.54) is 22.5 Å². The van der Waals surface area contributed by atoms with E-state index in [0.29, 0.717) is 0 Å². The van der Waals surface area contributed by atoms with E-state index in [9.17, 15) is 0 Å². The Bertz CT molecular complexity index is 247. The fourth-order valence-corrected chi connectivity index (χ4v) is 1.88. The van der Waals surface area contributed by atoms with Crippen LogP contribution in [0.3, 0.4) is 0 Å². The van der Waals surface area contributed by atoms with Crippen molar-refractivity contribution in [1.82, 2.24) is 0 Å². The second-order valence-corrected chi connectivity index (χ2v) is 3.16. The summed E-state index contributed by atoms with van der Waals surface area (Å²) in [6, 6.07) is 8.28. The Labute approximate surface area is 64.6 Å². The molecule has 1 aromatic rings. The van der Waals surface area contributed by atoms with E-state index >= 15 is 0 Å². The topological polar surface area (TPSA) is 9.23 Å². The molecule has 1 aromatic carbocycles. The Hall–Kier alpha value is -0.470. The molecule has 0 saturated carbocycles. The summed E-state index contributed by atoms with van der Waals surface area (Å²) in [5.74, 6) is 0. The Balaban J connectivity index is 2.51. The van der Waals surface area contributed by atoms with Crippen LogP contribution >= 0.6 is 12.0 Å². The summed E-state index contributed by atoms with van der Waals surface area (Å²) in [6.45, 7) is 2.07. The van der Waals surface area contributed by atoms with Crippen molar-refractivity contribution in [3.05, 3.63) is 29.8 Å². The van der Waals surface area contributed by atoms with Crippen LogP contribution in [0.25, 0.3) is 0 Å². The van der Waals surface area contributed by atoms with Gasteiger partial charge in [-0.15, -0.1) is 0 Å². The van der Waals surface area contributed by atoms with Gasteiger partial charge in [0.1, 0.15) is 0 Å². The van der Waals surface area contributed by atoms with Crippen LogP contribution in [0.2, 0.25) is 0 Å². The Kier molecular flexibility index (Phi) is 1.43. The average molecular weight is 152 g/mol. The number of fused-ring (bicyclic) bond motifs is 1. The number of rotatable bonds is 0. The third kappa shape index (κ3) is 0.842. The highest BCUT2D eigenvalue weighted by Crippen LogP contribution is 2.40. The first-order valence-corrected chi connectivity index (χ1v) is 4.04. The molecule has 2 heteroatoms. The Morgan fingerprint density at radius 3 is 3.00 bits per heavy atom. The summed E-state index contributed by atoms with van der Waals surface area (Å²) >= 11 is 1.48. The molecule has 0 aromatic heterocycles. The molecule has 0 radical (unpaired) electrons. The van der Waals surface area contributed by atoms with Crippen molar-refractivity contribution in [2.24, 2.45) is 0 Å². The first kappa shape index (κ1) is 6.25. The minimum absolute atomic E-state index is 0.265. The van der Waals surface area contributed by atoms with Crippen molar-refractivity contribution < 1.29 is 4.18 Å². The molecule has 10 heavy (non-hydrogen) atoms. The van der Waals surface area contributed by atoms with E-state index < -0.39 is 0 Å². The van der Waals surface area contributed by atoms with Crippen molar-refractivity contribution in [2.75, 3.05) is 0 Å². The summed E-state index contributed by atoms with van der Waals surface area (Å²) in [6.07, 6.45) is 0.265. The van der Waals surface area contributed by atoms with Gasteiger partial charge in [0.2, 0.25) is 0 Å². The normalized spacial score (nSPS) is 22.7. The minimum atomic E-state index is 0.265. The van der Waals surface area contributed by atoms with Crippen LogP contribution < -0.4 is 0 Å². The van der Waals surface area contributed by atoms with Gasteiger partial charge in [0, 0.05) is 16.9 Å². The van der Waals surface area contributed by atoms with E-state index in [1.54, 1.807) is 0 Å². The van der Waals surface area contributed by atoms with Crippen molar-refractivity contribution in [2.45, 2.75) is 17.9 Å². The summed E-state index contributed by atoms with van der Waals surface area (Å²) in [5, 5.41) is 0. The maximum Gasteiger partial charge on any atom is 0.0960 e. The van der Waals surface area contributed by atoms with Gasteiger partial charge >= 0.3 is 0 Å². The van der Waals surface area contributed by atoms with Crippen LogP contribution in [-0.4, -0.2) is 0 Å². The van der Waals surface area contributed by atoms with Gasteiger partial charge in [0.05, 0.1) is 6.10 Å². The summed E-state index contributed by atoms with van der Waals surface area (Å²) in [5.41, 5.74) is 1.31. The molecule has 1 aliphatic rings. The molecule has 0 spiro atoms. The average Bonchev–Trinajstić information content (AvgIpc) is 2.34. The van der Waals surface area contributed by atoms with Crippen LogP contribution in [0.5, 0.6) is 0 Å². The lowest BCUT2D eigenvalue weighted by molar-refractivity contribution is 0.286. The molecule has 0 aliphatic carbocycles. The zero-order chi connectivity index (χ0) is 6.97. The summed E-state index contributed by atoms with van der Waals surface area (Å²) in [7, 11) is 0. The maximum atomic E-state index is 5.34. The van der Waals surface area contributed by atoms with Crippen LogP contribution in [0.1, 0.15) is 18.6 Å². The monoisotopic (exact) mass is 152 g/mol. The van der Waals surface area contributed by atoms with Crippen molar-refractivity contribution in [3.8, 4) is 0 Å². The first-order chi connectivity index (χ1) is 4.88. The zero-order valence-corrected chi connectivity index (χ0v) is 6.52. The molecule has 0 fully saturated rings. The first-order valence-electron chi connectivity index (χ1n) is 3.30. The van der Waals surface area contributed by atoms with Gasteiger partial charge in [-0.25, -0.2) is 0 Å². The van der Waals surface area contributed by atoms with Gasteiger partial charge in [0.25, 0.3) is 0 Å². The molecule has 0 bridgehead atoms. The molecule has 1 aliphatic heterocycles. The molecular weight excluding hydrogens is 144 g/mol. The zero-order valence-electron chi connectivity index (χ0n) is 5.70. The van der Waals surface area contributed by atoms with Gasteiger partial charge in [-0.3, -0.25) is 0 Å². The smallest absolute Gasteiger partial charge is 0.0960 e. The molecule has 0 amide bonds. The van der Waals surface area contributed by atoms with E-state index in [0.717, 1.165) is 0 Å². The van der Waals surface area contributed by atoms with Crippen LogP contribution in [0.4, 0.5) is 0 Å². The SMILES string of the molecule is C[C@H]1OSc2ccccc21. The minimum Gasteiger partial charge on any atom is -0.302 e. The molecule has 2 rings (SSSR count). The molecule has 0 unspecified atom stereocenters. The van der Waals surface area contributed by atoms with Crippen LogP contribution in [0.15, 0.2) is 29.2 Å². The number of hydrogen-bond donors (Lipinski definition) is 0. The third-order valence-electron chi connectivity index (χ3n) is 1.64. The Morgan fingerprint density at radius 2 is 2.20 bits per heavy atom. The van der Waals surface area contributed by atoms with E-state index in [2.05, 4.69) is 19.1 Å².